The molecule has 1 aliphatic heterocycles. The number of carbonyl (C=O) groups is 2. The van der Waals surface area contributed by atoms with Crippen LogP contribution in [0.2, 0.25) is 0 Å². The number of ether oxygens (including phenoxy) is 4. The van der Waals surface area contributed by atoms with Gasteiger partial charge in [0.25, 0.3) is 10.1 Å². The Kier molecular flexibility index (Phi) is 28.3. The summed E-state index contributed by atoms with van der Waals surface area (Å²) in [4.78, 5) is 25.2. The van der Waals surface area contributed by atoms with E-state index in [1.807, 2.05) is 0 Å². The molecule has 0 amide bonds. The maximum atomic E-state index is 12.7. The molecule has 306 valence electrons. The van der Waals surface area contributed by atoms with Gasteiger partial charge in [-0.05, 0) is 64.2 Å². The lowest BCUT2D eigenvalue weighted by Gasteiger charge is -2.40. The molecule has 6 atom stereocenters. The number of unbranched alkanes of at least 4 members (excludes halogenated alkanes) is 11. The number of hydrogen-bond acceptors (Lipinski definition) is 11. The summed E-state index contributed by atoms with van der Waals surface area (Å²) in [5, 5.41) is 30.7. The van der Waals surface area contributed by atoms with Crippen molar-refractivity contribution in [1.82, 2.24) is 0 Å². The highest BCUT2D eigenvalue weighted by atomic mass is 32.2. The van der Waals surface area contributed by atoms with Gasteiger partial charge in [-0.2, -0.15) is 8.42 Å². The van der Waals surface area contributed by atoms with Crippen LogP contribution >= 0.6 is 0 Å². The first kappa shape index (κ1) is 48.6. The molecule has 0 saturated carbocycles. The Labute approximate surface area is 318 Å². The Morgan fingerprint density at radius 2 is 1.19 bits per heavy atom. The van der Waals surface area contributed by atoms with Crippen LogP contribution < -0.4 is 0 Å². The molecule has 53 heavy (non-hydrogen) atoms. The van der Waals surface area contributed by atoms with Crippen LogP contribution in [0.5, 0.6) is 0 Å². The quantitative estimate of drug-likeness (QED) is 0.0250. The first-order chi connectivity index (χ1) is 25.5. The molecule has 0 aromatic carbocycles. The van der Waals surface area contributed by atoms with Gasteiger partial charge in [-0.25, -0.2) is 0 Å². The van der Waals surface area contributed by atoms with E-state index in [1.54, 1.807) is 0 Å². The number of aliphatic hydroxyl groups excluding tert-OH is 3. The summed E-state index contributed by atoms with van der Waals surface area (Å²) < 4.78 is 53.8. The van der Waals surface area contributed by atoms with Crippen LogP contribution in [0, 0.1) is 0 Å². The molecule has 13 heteroatoms. The number of esters is 2. The molecule has 1 saturated heterocycles. The van der Waals surface area contributed by atoms with Gasteiger partial charge in [0.05, 0.1) is 6.61 Å². The highest BCUT2D eigenvalue weighted by molar-refractivity contribution is 7.85. The van der Waals surface area contributed by atoms with Crippen LogP contribution in [0.1, 0.15) is 136 Å². The highest BCUT2D eigenvalue weighted by Crippen LogP contribution is 2.24. The maximum absolute atomic E-state index is 12.7. The molecule has 4 N–H and O–H groups in total. The van der Waals surface area contributed by atoms with Gasteiger partial charge in [0, 0.05) is 12.8 Å². The van der Waals surface area contributed by atoms with Crippen molar-refractivity contribution in [3.8, 4) is 0 Å². The van der Waals surface area contributed by atoms with Crippen molar-refractivity contribution >= 4 is 22.1 Å². The van der Waals surface area contributed by atoms with Crippen molar-refractivity contribution < 1.29 is 56.8 Å². The van der Waals surface area contributed by atoms with E-state index in [0.717, 1.165) is 96.3 Å². The summed E-state index contributed by atoms with van der Waals surface area (Å²) in [5.74, 6) is -2.03. The van der Waals surface area contributed by atoms with Crippen molar-refractivity contribution in [1.29, 1.82) is 0 Å². The van der Waals surface area contributed by atoms with Gasteiger partial charge < -0.3 is 34.3 Å². The third-order valence-corrected chi connectivity index (χ3v) is 9.37. The Hall–Kier alpha value is -2.39. The van der Waals surface area contributed by atoms with Crippen molar-refractivity contribution in [2.45, 2.75) is 173 Å². The molecule has 6 unspecified atom stereocenters. The number of allylic oxidation sites excluding steroid dienone is 8. The van der Waals surface area contributed by atoms with Gasteiger partial charge in [0.2, 0.25) is 0 Å². The largest absolute Gasteiger partial charge is 0.462 e. The van der Waals surface area contributed by atoms with E-state index in [4.69, 9.17) is 18.9 Å². The second kappa shape index (κ2) is 30.9. The fourth-order valence-electron chi connectivity index (χ4n) is 5.57. The lowest BCUT2D eigenvalue weighted by Crippen LogP contribution is -2.60. The van der Waals surface area contributed by atoms with Crippen LogP contribution in [0.3, 0.4) is 0 Å². The minimum atomic E-state index is -4.60. The van der Waals surface area contributed by atoms with Gasteiger partial charge in [-0.3, -0.25) is 14.1 Å². The normalized spacial score (nSPS) is 21.7. The third-order valence-electron chi connectivity index (χ3n) is 8.62. The summed E-state index contributed by atoms with van der Waals surface area (Å²) in [6, 6.07) is 0. The van der Waals surface area contributed by atoms with Crippen molar-refractivity contribution in [3.63, 3.8) is 0 Å². The molecule has 0 radical (unpaired) electrons. The molecule has 0 aromatic heterocycles. The van der Waals surface area contributed by atoms with Crippen molar-refractivity contribution in [2.24, 2.45) is 0 Å². The molecular formula is C40H68O12S. The molecule has 12 nitrogen and oxygen atoms in total. The Balaban J connectivity index is 2.53. The van der Waals surface area contributed by atoms with Crippen LogP contribution in [-0.2, 0) is 38.7 Å². The zero-order valence-electron chi connectivity index (χ0n) is 32.1. The average Bonchev–Trinajstić information content (AvgIpc) is 3.12. The Bertz CT molecular complexity index is 1180. The number of rotatable bonds is 31. The van der Waals surface area contributed by atoms with Crippen molar-refractivity contribution in [3.05, 3.63) is 48.6 Å². The SMILES string of the molecule is CC/C=C\C/C=C\C/C=C\CCCCCCCC(=O)OC(COC(=O)CCCCCCC/C=C\CCC)COC1OC(CS(=O)(=O)O)C(O)C(O)C1O. The first-order valence-electron chi connectivity index (χ1n) is 19.7. The maximum Gasteiger partial charge on any atom is 0.306 e. The van der Waals surface area contributed by atoms with E-state index in [1.165, 1.54) is 0 Å². The molecule has 0 aliphatic carbocycles. The second-order valence-electron chi connectivity index (χ2n) is 13.6. The molecule has 0 spiro atoms. The van der Waals surface area contributed by atoms with Gasteiger partial charge >= 0.3 is 11.9 Å². The van der Waals surface area contributed by atoms with Gasteiger partial charge in [-0.15, -0.1) is 0 Å². The smallest absolute Gasteiger partial charge is 0.306 e. The highest BCUT2D eigenvalue weighted by Gasteiger charge is 2.46. The summed E-state index contributed by atoms with van der Waals surface area (Å²) >= 11 is 0. The predicted octanol–water partition coefficient (Wildman–Crippen LogP) is 6.83. The fraction of sp³-hybridized carbons (Fsp3) is 0.750. The molecule has 0 aromatic rings. The third kappa shape index (κ3) is 26.1. The van der Waals surface area contributed by atoms with E-state index in [-0.39, 0.29) is 19.4 Å². The molecular weight excluding hydrogens is 704 g/mol. The second-order valence-corrected chi connectivity index (χ2v) is 15.1. The van der Waals surface area contributed by atoms with Gasteiger partial charge in [0.1, 0.15) is 36.8 Å². The molecule has 1 heterocycles. The molecule has 0 bridgehead atoms. The van der Waals surface area contributed by atoms with E-state index in [0.29, 0.717) is 12.8 Å². The Morgan fingerprint density at radius 1 is 0.660 bits per heavy atom. The summed E-state index contributed by atoms with van der Waals surface area (Å²) in [6.45, 7) is 3.53. The van der Waals surface area contributed by atoms with Crippen LogP contribution in [-0.4, -0.2) is 96.0 Å². The predicted molar refractivity (Wildman–Crippen MR) is 206 cm³/mol. The minimum Gasteiger partial charge on any atom is -0.462 e. The minimum absolute atomic E-state index is 0.141. The van der Waals surface area contributed by atoms with Gasteiger partial charge in [0.15, 0.2) is 12.4 Å². The van der Waals surface area contributed by atoms with E-state index in [2.05, 4.69) is 62.5 Å². The molecule has 1 rings (SSSR count). The zero-order chi connectivity index (χ0) is 39.2. The Morgan fingerprint density at radius 3 is 1.79 bits per heavy atom. The lowest BCUT2D eigenvalue weighted by atomic mass is 10.00. The molecule has 1 aliphatic rings. The van der Waals surface area contributed by atoms with E-state index >= 15 is 0 Å². The van der Waals surface area contributed by atoms with E-state index < -0.39 is 71.2 Å². The first-order valence-corrected chi connectivity index (χ1v) is 21.3. The summed E-state index contributed by atoms with van der Waals surface area (Å²) in [5.41, 5.74) is 0. The average molecular weight is 773 g/mol. The van der Waals surface area contributed by atoms with Crippen LogP contribution in [0.4, 0.5) is 0 Å². The summed E-state index contributed by atoms with van der Waals surface area (Å²) in [6.07, 6.45) is 24.6. The van der Waals surface area contributed by atoms with Crippen LogP contribution in [0.25, 0.3) is 0 Å². The fourth-order valence-corrected chi connectivity index (χ4v) is 6.26. The lowest BCUT2D eigenvalue weighted by molar-refractivity contribution is -0.297. The van der Waals surface area contributed by atoms with Crippen LogP contribution in [0.15, 0.2) is 48.6 Å². The number of carbonyl (C=O) groups excluding carboxylic acids is 2. The number of hydrogen-bond donors (Lipinski definition) is 4. The standard InChI is InChI=1S/C40H68O12S/c1-3-5-7-9-11-13-15-16-17-18-19-21-23-25-27-29-36(42)51-33(30-49-35(41)28-26-24-22-20-14-12-10-8-6-4-2)31-50-40-39(45)38(44)37(43)34(52-40)32-53(46,47)48/h5,7-8,10-11,13,16-17,33-34,37-40,43-45H,3-4,6,9,12,14-15,18-32H2,1-2H3,(H,46,47,48)/b7-5-,10-8-,13-11-,17-16-. The zero-order valence-corrected chi connectivity index (χ0v) is 32.9. The topological polar surface area (TPSA) is 186 Å². The summed E-state index contributed by atoms with van der Waals surface area (Å²) in [7, 11) is -4.60. The van der Waals surface area contributed by atoms with Gasteiger partial charge in [-0.1, -0.05) is 107 Å². The van der Waals surface area contributed by atoms with Crippen molar-refractivity contribution in [2.75, 3.05) is 19.0 Å². The monoisotopic (exact) mass is 772 g/mol. The molecule has 1 fully saturated rings. The van der Waals surface area contributed by atoms with E-state index in [9.17, 15) is 37.9 Å². The number of aliphatic hydroxyl groups is 3.